The Kier molecular flexibility index (Phi) is 6.21. The van der Waals surface area contributed by atoms with Crippen LogP contribution >= 0.6 is 0 Å². The summed E-state index contributed by atoms with van der Waals surface area (Å²) in [5.41, 5.74) is 2.51. The van der Waals surface area contributed by atoms with Crippen molar-refractivity contribution >= 4 is 23.2 Å². The molecule has 0 fully saturated rings. The molecule has 0 aromatic heterocycles. The summed E-state index contributed by atoms with van der Waals surface area (Å²) in [7, 11) is 0. The van der Waals surface area contributed by atoms with Gasteiger partial charge in [0, 0.05) is 24.3 Å². The molecule has 0 bridgehead atoms. The predicted octanol–water partition coefficient (Wildman–Crippen LogP) is 5.12. The van der Waals surface area contributed by atoms with Crippen molar-refractivity contribution in [3.8, 4) is 5.75 Å². The van der Waals surface area contributed by atoms with E-state index < -0.39 is 0 Å². The summed E-state index contributed by atoms with van der Waals surface area (Å²) in [4.78, 5) is 29.3. The Hall–Kier alpha value is -3.67. The Balaban J connectivity index is 1.62. The van der Waals surface area contributed by atoms with Crippen LogP contribution in [0.2, 0.25) is 0 Å². The minimum Gasteiger partial charge on any atom is -0.484 e. The van der Waals surface area contributed by atoms with Crippen LogP contribution < -0.4 is 14.5 Å². The average molecular weight is 432 g/mol. The molecule has 0 radical (unpaired) electrons. The molecule has 1 heterocycles. The van der Waals surface area contributed by atoms with Gasteiger partial charge in [-0.2, -0.15) is 0 Å². The molecule has 0 N–H and O–H groups in total. The fourth-order valence-electron chi connectivity index (χ4n) is 4.32. The second kappa shape index (κ2) is 9.22. The van der Waals surface area contributed by atoms with Gasteiger partial charge in [-0.15, -0.1) is 0 Å². The van der Waals surface area contributed by atoms with Gasteiger partial charge in [-0.1, -0.05) is 36.4 Å². The number of ether oxygens (including phenoxy) is 1. The summed E-state index contributed by atoms with van der Waals surface area (Å²) in [5, 5.41) is 0. The Morgan fingerprint density at radius 1 is 1.00 bits per heavy atom. The molecular formula is C26H25FN2O3. The summed E-state index contributed by atoms with van der Waals surface area (Å²) in [6, 6.07) is 22.5. The van der Waals surface area contributed by atoms with E-state index in [0.29, 0.717) is 12.2 Å². The number of carbonyl (C=O) groups excluding carboxylic acids is 2. The van der Waals surface area contributed by atoms with Crippen LogP contribution in [0.5, 0.6) is 5.75 Å². The first-order valence-corrected chi connectivity index (χ1v) is 10.6. The zero-order chi connectivity index (χ0) is 22.7. The first-order chi connectivity index (χ1) is 15.5. The third-order valence-corrected chi connectivity index (χ3v) is 5.69. The van der Waals surface area contributed by atoms with E-state index in [2.05, 4.69) is 0 Å². The zero-order valence-corrected chi connectivity index (χ0v) is 18.1. The number of rotatable bonds is 5. The van der Waals surface area contributed by atoms with E-state index >= 15 is 0 Å². The second-order valence-corrected chi connectivity index (χ2v) is 7.89. The van der Waals surface area contributed by atoms with Crippen LogP contribution in [0.1, 0.15) is 31.9 Å². The minimum atomic E-state index is -0.359. The van der Waals surface area contributed by atoms with Gasteiger partial charge in [0.05, 0.1) is 6.04 Å². The van der Waals surface area contributed by atoms with E-state index in [0.717, 1.165) is 16.9 Å². The third-order valence-electron chi connectivity index (χ3n) is 5.69. The molecule has 0 spiro atoms. The maximum atomic E-state index is 13.1. The van der Waals surface area contributed by atoms with Crippen LogP contribution in [0.15, 0.2) is 78.9 Å². The highest BCUT2D eigenvalue weighted by Crippen LogP contribution is 2.42. The second-order valence-electron chi connectivity index (χ2n) is 7.89. The summed E-state index contributed by atoms with van der Waals surface area (Å²) < 4.78 is 18.7. The largest absolute Gasteiger partial charge is 0.484 e. The van der Waals surface area contributed by atoms with Gasteiger partial charge in [0.2, 0.25) is 5.91 Å². The molecule has 6 heteroatoms. The molecule has 1 aliphatic heterocycles. The molecule has 1 aliphatic rings. The smallest absolute Gasteiger partial charge is 0.265 e. The van der Waals surface area contributed by atoms with Crippen LogP contribution in [0.3, 0.4) is 0 Å². The number of anilines is 2. The van der Waals surface area contributed by atoms with Crippen molar-refractivity contribution in [1.29, 1.82) is 0 Å². The summed E-state index contributed by atoms with van der Waals surface area (Å²) in [5.74, 6) is -0.173. The van der Waals surface area contributed by atoms with E-state index in [9.17, 15) is 14.0 Å². The third kappa shape index (κ3) is 4.35. The molecule has 3 aromatic carbocycles. The van der Waals surface area contributed by atoms with Crippen molar-refractivity contribution in [2.75, 3.05) is 16.4 Å². The number of halogens is 1. The molecule has 3 aromatic rings. The predicted molar refractivity (Wildman–Crippen MR) is 122 cm³/mol. The van der Waals surface area contributed by atoms with Crippen LogP contribution in [-0.4, -0.2) is 24.5 Å². The highest BCUT2D eigenvalue weighted by molar-refractivity contribution is 5.98. The number of nitrogens with zero attached hydrogens (tertiary/aromatic N) is 2. The summed E-state index contributed by atoms with van der Waals surface area (Å²) in [6.45, 7) is 3.38. The first-order valence-electron chi connectivity index (χ1n) is 10.6. The van der Waals surface area contributed by atoms with E-state index in [-0.39, 0.29) is 36.3 Å². The average Bonchev–Trinajstić information content (AvgIpc) is 2.79. The van der Waals surface area contributed by atoms with Crippen LogP contribution in [0, 0.1) is 5.82 Å². The lowest BCUT2D eigenvalue weighted by Gasteiger charge is -2.43. The monoisotopic (exact) mass is 432 g/mol. The van der Waals surface area contributed by atoms with Gasteiger partial charge in [-0.25, -0.2) is 4.39 Å². The highest BCUT2D eigenvalue weighted by atomic mass is 19.1. The molecule has 2 atom stereocenters. The lowest BCUT2D eigenvalue weighted by Crippen LogP contribution is -2.48. The van der Waals surface area contributed by atoms with Crippen molar-refractivity contribution in [3.63, 3.8) is 0 Å². The molecule has 4 rings (SSSR count). The molecule has 164 valence electrons. The first kappa shape index (κ1) is 21.6. The molecule has 0 saturated heterocycles. The Morgan fingerprint density at radius 3 is 2.34 bits per heavy atom. The number of benzene rings is 3. The SMILES string of the molecule is CC(=O)N(c1ccccc1)[C@@H]1C[C@H](C)N(C(=O)COc2ccc(F)cc2)c2ccccc21. The van der Waals surface area contributed by atoms with E-state index in [4.69, 9.17) is 4.74 Å². The van der Waals surface area contributed by atoms with Gasteiger partial charge in [0.25, 0.3) is 5.91 Å². The number of carbonyl (C=O) groups is 2. The molecule has 32 heavy (non-hydrogen) atoms. The van der Waals surface area contributed by atoms with E-state index in [1.807, 2.05) is 61.5 Å². The lowest BCUT2D eigenvalue weighted by atomic mass is 9.90. The van der Waals surface area contributed by atoms with Crippen molar-refractivity contribution in [2.45, 2.75) is 32.4 Å². The number of amides is 2. The van der Waals surface area contributed by atoms with Crippen molar-refractivity contribution in [2.24, 2.45) is 0 Å². The summed E-state index contributed by atoms with van der Waals surface area (Å²) >= 11 is 0. The van der Waals surface area contributed by atoms with Crippen molar-refractivity contribution < 1.29 is 18.7 Å². The highest BCUT2D eigenvalue weighted by Gasteiger charge is 2.37. The summed E-state index contributed by atoms with van der Waals surface area (Å²) in [6.07, 6.45) is 0.591. The maximum Gasteiger partial charge on any atom is 0.265 e. The number of hydrogen-bond donors (Lipinski definition) is 0. The Labute approximate surface area is 187 Å². The number of fused-ring (bicyclic) bond motifs is 1. The van der Waals surface area contributed by atoms with Gasteiger partial charge in [0.1, 0.15) is 11.6 Å². The van der Waals surface area contributed by atoms with Gasteiger partial charge >= 0.3 is 0 Å². The van der Waals surface area contributed by atoms with Gasteiger partial charge in [-0.05, 0) is 61.4 Å². The molecule has 0 saturated carbocycles. The van der Waals surface area contributed by atoms with Crippen LogP contribution in [0.4, 0.5) is 15.8 Å². The lowest BCUT2D eigenvalue weighted by molar-refractivity contribution is -0.121. The van der Waals surface area contributed by atoms with Crippen LogP contribution in [-0.2, 0) is 9.59 Å². The van der Waals surface area contributed by atoms with Gasteiger partial charge in [-0.3, -0.25) is 9.59 Å². The fraction of sp³-hybridized carbons (Fsp3) is 0.231. The van der Waals surface area contributed by atoms with E-state index in [1.165, 1.54) is 24.3 Å². The van der Waals surface area contributed by atoms with Crippen molar-refractivity contribution in [1.82, 2.24) is 0 Å². The zero-order valence-electron chi connectivity index (χ0n) is 18.1. The maximum absolute atomic E-state index is 13.1. The fourth-order valence-corrected chi connectivity index (χ4v) is 4.32. The molecular weight excluding hydrogens is 407 g/mol. The molecule has 2 amide bonds. The van der Waals surface area contributed by atoms with Gasteiger partial charge in [0.15, 0.2) is 6.61 Å². The Bertz CT molecular complexity index is 1100. The van der Waals surface area contributed by atoms with E-state index in [1.54, 1.807) is 16.7 Å². The number of para-hydroxylation sites is 2. The van der Waals surface area contributed by atoms with Crippen LogP contribution in [0.25, 0.3) is 0 Å². The van der Waals surface area contributed by atoms with Crippen molar-refractivity contribution in [3.05, 3.63) is 90.2 Å². The number of hydrogen-bond acceptors (Lipinski definition) is 3. The van der Waals surface area contributed by atoms with Gasteiger partial charge < -0.3 is 14.5 Å². The standard InChI is InChI=1S/C26H25FN2O3/c1-18-16-25(29(19(2)30)21-8-4-3-5-9-21)23-10-6-7-11-24(23)28(18)26(31)17-32-22-14-12-20(27)13-15-22/h3-15,18,25H,16-17H2,1-2H3/t18-,25+/m0/s1. The molecule has 5 nitrogen and oxygen atoms in total. The topological polar surface area (TPSA) is 49.9 Å². The molecule has 0 aliphatic carbocycles. The minimum absolute atomic E-state index is 0.0531. The molecule has 0 unspecified atom stereocenters. The normalized spacial score (nSPS) is 17.4. The quantitative estimate of drug-likeness (QED) is 0.562. The Morgan fingerprint density at radius 2 is 1.66 bits per heavy atom.